The molecule has 51 heavy (non-hydrogen) atoms. The first kappa shape index (κ1) is 49.4. The van der Waals surface area contributed by atoms with E-state index in [0.717, 1.165) is 57.8 Å². The molecule has 0 aliphatic heterocycles. The lowest BCUT2D eigenvalue weighted by Gasteiger charge is -2.18. The smallest absolute Gasteiger partial charge is 0.306 e. The van der Waals surface area contributed by atoms with Crippen LogP contribution in [-0.4, -0.2) is 37.2 Å². The van der Waals surface area contributed by atoms with E-state index in [2.05, 4.69) is 20.8 Å². The second kappa shape index (κ2) is 41.2. The lowest BCUT2D eigenvalue weighted by atomic mass is 10.0. The lowest BCUT2D eigenvalue weighted by molar-refractivity contribution is -0.167. The predicted molar refractivity (Wildman–Crippen MR) is 215 cm³/mol. The first-order valence-corrected chi connectivity index (χ1v) is 22.5. The Morgan fingerprint density at radius 3 is 0.784 bits per heavy atom. The van der Waals surface area contributed by atoms with Gasteiger partial charge in [-0.15, -0.1) is 0 Å². The Labute approximate surface area is 317 Å². The van der Waals surface area contributed by atoms with Gasteiger partial charge in [-0.05, 0) is 19.3 Å². The zero-order valence-corrected chi connectivity index (χ0v) is 34.4. The highest BCUT2D eigenvalue weighted by atomic mass is 16.6. The Hall–Kier alpha value is -1.59. The van der Waals surface area contributed by atoms with E-state index in [9.17, 15) is 14.4 Å². The highest BCUT2D eigenvalue weighted by Crippen LogP contribution is 2.15. The van der Waals surface area contributed by atoms with Crippen LogP contribution in [0.25, 0.3) is 0 Å². The maximum atomic E-state index is 12.6. The van der Waals surface area contributed by atoms with Gasteiger partial charge in [-0.3, -0.25) is 14.4 Å². The average Bonchev–Trinajstić information content (AvgIpc) is 3.12. The Bertz CT molecular complexity index is 753. The molecule has 302 valence electrons. The van der Waals surface area contributed by atoms with Crippen LogP contribution in [0, 0.1) is 0 Å². The summed E-state index contributed by atoms with van der Waals surface area (Å²) >= 11 is 0. The van der Waals surface area contributed by atoms with Crippen LogP contribution in [0.2, 0.25) is 0 Å². The van der Waals surface area contributed by atoms with Crippen LogP contribution in [0.4, 0.5) is 0 Å². The van der Waals surface area contributed by atoms with Gasteiger partial charge < -0.3 is 14.2 Å². The van der Waals surface area contributed by atoms with Gasteiger partial charge in [0, 0.05) is 19.3 Å². The van der Waals surface area contributed by atoms with Crippen molar-refractivity contribution in [1.29, 1.82) is 0 Å². The highest BCUT2D eigenvalue weighted by molar-refractivity contribution is 5.71. The number of unbranched alkanes of at least 4 members (excludes halogenated alkanes) is 30. The maximum Gasteiger partial charge on any atom is 0.306 e. The molecule has 6 nitrogen and oxygen atoms in total. The fraction of sp³-hybridized carbons (Fsp3) is 0.933. The monoisotopic (exact) mass is 723 g/mol. The molecule has 0 aromatic rings. The molecule has 0 amide bonds. The summed E-state index contributed by atoms with van der Waals surface area (Å²) in [4.78, 5) is 37.6. The van der Waals surface area contributed by atoms with Crippen LogP contribution in [0.5, 0.6) is 0 Å². The summed E-state index contributed by atoms with van der Waals surface area (Å²) in [6.45, 7) is 6.61. The molecule has 0 unspecified atom stereocenters. The summed E-state index contributed by atoms with van der Waals surface area (Å²) in [5.41, 5.74) is 0. The maximum absolute atomic E-state index is 12.6. The first-order chi connectivity index (χ1) is 25.0. The van der Waals surface area contributed by atoms with E-state index in [1.54, 1.807) is 0 Å². The summed E-state index contributed by atoms with van der Waals surface area (Å²) in [6.07, 6.45) is 40.9. The summed E-state index contributed by atoms with van der Waals surface area (Å²) in [5, 5.41) is 0. The third-order valence-corrected chi connectivity index (χ3v) is 10.1. The number of hydrogen-bond donors (Lipinski definition) is 0. The SMILES string of the molecule is CCCCCCCCCCCCCCCCCC(=O)OC[C@@H](COC(=O)CCCCCCCCCCC)OC(=O)CCCCCCCCCCC. The average molecular weight is 723 g/mol. The number of ether oxygens (including phenoxy) is 3. The van der Waals surface area contributed by atoms with Crippen molar-refractivity contribution >= 4 is 17.9 Å². The number of hydrogen-bond acceptors (Lipinski definition) is 6. The number of carbonyl (C=O) groups is 3. The normalized spacial score (nSPS) is 11.8. The molecule has 0 bridgehead atoms. The zero-order chi connectivity index (χ0) is 37.3. The van der Waals surface area contributed by atoms with Crippen molar-refractivity contribution in [1.82, 2.24) is 0 Å². The molecule has 0 heterocycles. The van der Waals surface area contributed by atoms with Crippen molar-refractivity contribution < 1.29 is 28.6 Å². The molecule has 0 saturated carbocycles. The minimum absolute atomic E-state index is 0.0631. The molecule has 1 atom stereocenters. The van der Waals surface area contributed by atoms with Crippen LogP contribution >= 0.6 is 0 Å². The van der Waals surface area contributed by atoms with Crippen molar-refractivity contribution in [2.75, 3.05) is 13.2 Å². The van der Waals surface area contributed by atoms with Gasteiger partial charge in [0.05, 0.1) is 0 Å². The number of rotatable bonds is 41. The second-order valence-corrected chi connectivity index (χ2v) is 15.3. The largest absolute Gasteiger partial charge is 0.462 e. The van der Waals surface area contributed by atoms with E-state index >= 15 is 0 Å². The minimum atomic E-state index is -0.756. The van der Waals surface area contributed by atoms with Crippen LogP contribution in [0.1, 0.15) is 252 Å². The van der Waals surface area contributed by atoms with Crippen LogP contribution in [0.15, 0.2) is 0 Å². The molecule has 6 heteroatoms. The van der Waals surface area contributed by atoms with Crippen LogP contribution < -0.4 is 0 Å². The molecule has 0 N–H and O–H groups in total. The third-order valence-electron chi connectivity index (χ3n) is 10.1. The molecular formula is C45H86O6. The van der Waals surface area contributed by atoms with Crippen molar-refractivity contribution in [2.45, 2.75) is 258 Å². The summed E-state index contributed by atoms with van der Waals surface area (Å²) in [6, 6.07) is 0. The standard InChI is InChI=1S/C45H86O6/c1-4-7-10-13-16-19-20-21-22-23-24-27-29-32-35-38-44(47)50-41-42(51-45(48)39-36-33-30-26-18-15-12-9-6-3)40-49-43(46)37-34-31-28-25-17-14-11-8-5-2/h42H,4-41H2,1-3H3/t42-/m1/s1. The lowest BCUT2D eigenvalue weighted by Crippen LogP contribution is -2.30. The quantitative estimate of drug-likeness (QED) is 0.0355. The molecule has 0 saturated heterocycles. The predicted octanol–water partition coefficient (Wildman–Crippen LogP) is 14.1. The highest BCUT2D eigenvalue weighted by Gasteiger charge is 2.19. The van der Waals surface area contributed by atoms with Crippen LogP contribution in [-0.2, 0) is 28.6 Å². The second-order valence-electron chi connectivity index (χ2n) is 15.3. The van der Waals surface area contributed by atoms with Crippen molar-refractivity contribution in [2.24, 2.45) is 0 Å². The summed E-state index contributed by atoms with van der Waals surface area (Å²) in [5.74, 6) is -0.857. The Morgan fingerprint density at radius 2 is 0.529 bits per heavy atom. The van der Waals surface area contributed by atoms with Gasteiger partial charge in [-0.1, -0.05) is 213 Å². The number of carbonyl (C=O) groups excluding carboxylic acids is 3. The van der Waals surface area contributed by atoms with E-state index in [1.807, 2.05) is 0 Å². The molecule has 0 fully saturated rings. The van der Waals surface area contributed by atoms with E-state index < -0.39 is 6.10 Å². The molecule has 0 radical (unpaired) electrons. The van der Waals surface area contributed by atoms with E-state index in [0.29, 0.717) is 19.3 Å². The molecular weight excluding hydrogens is 636 g/mol. The van der Waals surface area contributed by atoms with Crippen molar-refractivity contribution in [3.05, 3.63) is 0 Å². The van der Waals surface area contributed by atoms with Crippen molar-refractivity contribution in [3.8, 4) is 0 Å². The molecule has 0 rings (SSSR count). The first-order valence-electron chi connectivity index (χ1n) is 22.5. The van der Waals surface area contributed by atoms with Gasteiger partial charge >= 0.3 is 17.9 Å². The third kappa shape index (κ3) is 39.5. The van der Waals surface area contributed by atoms with Gasteiger partial charge in [-0.25, -0.2) is 0 Å². The van der Waals surface area contributed by atoms with Gasteiger partial charge in [0.1, 0.15) is 13.2 Å². The Morgan fingerprint density at radius 1 is 0.314 bits per heavy atom. The van der Waals surface area contributed by atoms with Gasteiger partial charge in [0.25, 0.3) is 0 Å². The Balaban J connectivity index is 4.25. The fourth-order valence-corrected chi connectivity index (χ4v) is 6.68. The van der Waals surface area contributed by atoms with E-state index in [1.165, 1.54) is 154 Å². The van der Waals surface area contributed by atoms with E-state index in [-0.39, 0.29) is 31.1 Å². The van der Waals surface area contributed by atoms with E-state index in [4.69, 9.17) is 14.2 Å². The van der Waals surface area contributed by atoms with Gasteiger partial charge in [-0.2, -0.15) is 0 Å². The fourth-order valence-electron chi connectivity index (χ4n) is 6.68. The zero-order valence-electron chi connectivity index (χ0n) is 34.4. The Kier molecular flexibility index (Phi) is 39.9. The summed E-state index contributed by atoms with van der Waals surface area (Å²) < 4.78 is 16.7. The number of esters is 3. The molecule has 0 aromatic carbocycles. The van der Waals surface area contributed by atoms with Gasteiger partial charge in [0.2, 0.25) is 0 Å². The summed E-state index contributed by atoms with van der Waals surface area (Å²) in [7, 11) is 0. The van der Waals surface area contributed by atoms with Gasteiger partial charge in [0.15, 0.2) is 6.10 Å². The molecule has 0 aliphatic carbocycles. The van der Waals surface area contributed by atoms with Crippen molar-refractivity contribution in [3.63, 3.8) is 0 Å². The topological polar surface area (TPSA) is 78.9 Å². The molecule has 0 aromatic heterocycles. The minimum Gasteiger partial charge on any atom is -0.462 e. The molecule has 0 aliphatic rings. The molecule has 0 spiro atoms. The van der Waals surface area contributed by atoms with Crippen LogP contribution in [0.3, 0.4) is 0 Å².